The van der Waals surface area contributed by atoms with Gasteiger partial charge in [0.1, 0.15) is 5.75 Å². The zero-order valence-corrected chi connectivity index (χ0v) is 16.5. The van der Waals surface area contributed by atoms with Crippen LogP contribution in [0.15, 0.2) is 30.3 Å². The first kappa shape index (κ1) is 17.9. The van der Waals surface area contributed by atoms with Crippen molar-refractivity contribution in [2.75, 3.05) is 31.2 Å². The maximum atomic E-state index is 13.5. The first-order valence-electron chi connectivity index (χ1n) is 9.83. The largest absolute Gasteiger partial charge is 0.506 e. The van der Waals surface area contributed by atoms with Crippen molar-refractivity contribution in [3.8, 4) is 5.75 Å². The molecule has 1 fully saturated rings. The van der Waals surface area contributed by atoms with Crippen LogP contribution in [0.1, 0.15) is 46.6 Å². The maximum Gasteiger partial charge on any atom is 0.195 e. The first-order valence-corrected chi connectivity index (χ1v) is 9.83. The number of phenols is 1. The van der Waals surface area contributed by atoms with Gasteiger partial charge >= 0.3 is 0 Å². The van der Waals surface area contributed by atoms with E-state index in [2.05, 4.69) is 23.7 Å². The number of hydrogen-bond donors (Lipinski definition) is 3. The molecule has 0 atom stereocenters. The highest BCUT2D eigenvalue weighted by atomic mass is 16.5. The molecule has 3 aromatic rings. The van der Waals surface area contributed by atoms with Crippen LogP contribution in [0.3, 0.4) is 0 Å². The van der Waals surface area contributed by atoms with Crippen LogP contribution < -0.4 is 4.90 Å². The predicted octanol–water partition coefficient (Wildman–Crippen LogP) is 3.58. The van der Waals surface area contributed by atoms with Gasteiger partial charge in [-0.3, -0.25) is 4.79 Å². The molecule has 0 bridgehead atoms. The number of fused-ring (bicyclic) bond motifs is 4. The minimum absolute atomic E-state index is 0.0768. The standard InChI is InChI=1S/C23H23N3O3/c1-23(2)16-11-18(26-5-7-29-8-6-26)19(27)10-15(16)21(28)20-14-4-3-13(12-24)9-17(14)25-22(20)23/h3-4,9-12,24-25,27H,5-8H2,1-2H3. The van der Waals surface area contributed by atoms with E-state index in [1.807, 2.05) is 24.3 Å². The number of carbonyl (C=O) groups excluding carboxylic acids is 1. The third-order valence-corrected chi connectivity index (χ3v) is 6.23. The van der Waals surface area contributed by atoms with E-state index in [4.69, 9.17) is 10.1 Å². The van der Waals surface area contributed by atoms with Gasteiger partial charge in [0.25, 0.3) is 0 Å². The molecule has 1 aliphatic carbocycles. The Labute approximate surface area is 168 Å². The molecule has 6 nitrogen and oxygen atoms in total. The van der Waals surface area contributed by atoms with Crippen molar-refractivity contribution in [2.45, 2.75) is 19.3 Å². The molecule has 29 heavy (non-hydrogen) atoms. The summed E-state index contributed by atoms with van der Waals surface area (Å²) in [5.74, 6) is 0.0520. The number of nitrogens with zero attached hydrogens (tertiary/aromatic N) is 1. The lowest BCUT2D eigenvalue weighted by molar-refractivity contribution is 0.103. The number of morpholine rings is 1. The van der Waals surface area contributed by atoms with Crippen LogP contribution in [-0.2, 0) is 10.2 Å². The Morgan fingerprint density at radius 1 is 1.21 bits per heavy atom. The molecule has 5 rings (SSSR count). The molecule has 1 saturated heterocycles. The fraction of sp³-hybridized carbons (Fsp3) is 0.304. The second-order valence-electron chi connectivity index (χ2n) is 8.26. The molecule has 2 aliphatic rings. The number of rotatable bonds is 2. The minimum atomic E-state index is -0.433. The number of nitrogens with one attached hydrogen (secondary N) is 2. The van der Waals surface area contributed by atoms with Crippen molar-refractivity contribution < 1.29 is 14.6 Å². The average molecular weight is 389 g/mol. The Hall–Kier alpha value is -3.12. The van der Waals surface area contributed by atoms with Crippen molar-refractivity contribution in [3.05, 3.63) is 58.3 Å². The summed E-state index contributed by atoms with van der Waals surface area (Å²) in [6.07, 6.45) is 1.30. The maximum absolute atomic E-state index is 13.5. The normalized spacial score (nSPS) is 17.9. The van der Waals surface area contributed by atoms with E-state index in [0.717, 1.165) is 33.4 Å². The molecule has 2 heterocycles. The van der Waals surface area contributed by atoms with Gasteiger partial charge in [-0.15, -0.1) is 0 Å². The second-order valence-corrected chi connectivity index (χ2v) is 8.26. The van der Waals surface area contributed by atoms with Gasteiger partial charge in [0.15, 0.2) is 5.78 Å². The smallest absolute Gasteiger partial charge is 0.195 e. The summed E-state index contributed by atoms with van der Waals surface area (Å²) >= 11 is 0. The topological polar surface area (TPSA) is 89.4 Å². The van der Waals surface area contributed by atoms with Gasteiger partial charge in [0, 0.05) is 46.9 Å². The molecule has 0 unspecified atom stereocenters. The molecule has 3 N–H and O–H groups in total. The molecule has 148 valence electrons. The van der Waals surface area contributed by atoms with E-state index in [1.165, 1.54) is 6.21 Å². The van der Waals surface area contributed by atoms with E-state index in [9.17, 15) is 9.90 Å². The number of carbonyl (C=O) groups is 1. The van der Waals surface area contributed by atoms with E-state index in [1.54, 1.807) is 6.07 Å². The van der Waals surface area contributed by atoms with E-state index in [0.29, 0.717) is 37.4 Å². The lowest BCUT2D eigenvalue weighted by Crippen LogP contribution is -2.37. The monoisotopic (exact) mass is 389 g/mol. The van der Waals surface area contributed by atoms with Crippen LogP contribution in [0.25, 0.3) is 10.9 Å². The Morgan fingerprint density at radius 2 is 1.97 bits per heavy atom. The number of H-pyrrole nitrogens is 1. The van der Waals surface area contributed by atoms with Gasteiger partial charge < -0.3 is 25.1 Å². The zero-order valence-electron chi connectivity index (χ0n) is 16.5. The number of phenolic OH excluding ortho intramolecular Hbond substituents is 1. The Balaban J connectivity index is 1.72. The zero-order chi connectivity index (χ0) is 20.3. The number of aromatic nitrogens is 1. The van der Waals surface area contributed by atoms with Gasteiger partial charge in [0.2, 0.25) is 0 Å². The molecular formula is C23H23N3O3. The number of aromatic hydroxyl groups is 1. The number of ketones is 1. The summed E-state index contributed by atoms with van der Waals surface area (Å²) in [5.41, 5.74) is 4.95. The highest BCUT2D eigenvalue weighted by Crippen LogP contribution is 2.46. The lowest BCUT2D eigenvalue weighted by Gasteiger charge is -2.35. The SMILES string of the molecule is CC1(C)c2cc(N3CCOCC3)c(O)cc2C(=O)c2c1[nH]c1cc(C=N)ccc21. The Bertz CT molecular complexity index is 1170. The van der Waals surface area contributed by atoms with Crippen molar-refractivity contribution in [2.24, 2.45) is 0 Å². The van der Waals surface area contributed by atoms with E-state index < -0.39 is 5.41 Å². The van der Waals surface area contributed by atoms with Crippen molar-refractivity contribution in [1.29, 1.82) is 5.41 Å². The number of anilines is 1. The number of hydrogen-bond acceptors (Lipinski definition) is 5. The lowest BCUT2D eigenvalue weighted by atomic mass is 9.71. The molecular weight excluding hydrogens is 366 g/mol. The van der Waals surface area contributed by atoms with Crippen LogP contribution >= 0.6 is 0 Å². The van der Waals surface area contributed by atoms with Crippen LogP contribution in [0.2, 0.25) is 0 Å². The number of aromatic amines is 1. The Kier molecular flexibility index (Phi) is 3.83. The van der Waals surface area contributed by atoms with E-state index >= 15 is 0 Å². The fourth-order valence-corrected chi connectivity index (χ4v) is 4.62. The third kappa shape index (κ3) is 2.52. The van der Waals surface area contributed by atoms with Gasteiger partial charge in [0.05, 0.1) is 24.5 Å². The molecule has 2 aromatic carbocycles. The predicted molar refractivity (Wildman–Crippen MR) is 113 cm³/mol. The second kappa shape index (κ2) is 6.19. The summed E-state index contributed by atoms with van der Waals surface area (Å²) in [4.78, 5) is 19.0. The minimum Gasteiger partial charge on any atom is -0.506 e. The summed E-state index contributed by atoms with van der Waals surface area (Å²) < 4.78 is 5.43. The van der Waals surface area contributed by atoms with Crippen LogP contribution in [0, 0.1) is 5.41 Å². The highest BCUT2D eigenvalue weighted by molar-refractivity contribution is 6.20. The first-order chi connectivity index (χ1) is 13.9. The summed E-state index contributed by atoms with van der Waals surface area (Å²) in [5, 5.41) is 19.1. The van der Waals surface area contributed by atoms with Gasteiger partial charge in [-0.05, 0) is 29.3 Å². The quantitative estimate of drug-likeness (QED) is 0.585. The van der Waals surface area contributed by atoms with Gasteiger partial charge in [-0.2, -0.15) is 0 Å². The van der Waals surface area contributed by atoms with Crippen molar-refractivity contribution in [3.63, 3.8) is 0 Å². The number of ether oxygens (including phenoxy) is 1. The number of benzene rings is 2. The van der Waals surface area contributed by atoms with Crippen LogP contribution in [-0.4, -0.2) is 48.4 Å². The highest BCUT2D eigenvalue weighted by Gasteiger charge is 2.40. The van der Waals surface area contributed by atoms with Crippen molar-refractivity contribution in [1.82, 2.24) is 4.98 Å². The van der Waals surface area contributed by atoms with Crippen LogP contribution in [0.5, 0.6) is 5.75 Å². The molecule has 0 radical (unpaired) electrons. The van der Waals surface area contributed by atoms with Crippen LogP contribution in [0.4, 0.5) is 5.69 Å². The summed E-state index contributed by atoms with van der Waals surface area (Å²) in [7, 11) is 0. The fourth-order valence-electron chi connectivity index (χ4n) is 4.62. The molecule has 1 aromatic heterocycles. The Morgan fingerprint density at radius 3 is 2.69 bits per heavy atom. The van der Waals surface area contributed by atoms with E-state index in [-0.39, 0.29) is 11.5 Å². The van der Waals surface area contributed by atoms with Gasteiger partial charge in [-0.25, -0.2) is 0 Å². The molecule has 0 amide bonds. The average Bonchev–Trinajstić information content (AvgIpc) is 3.12. The molecule has 0 spiro atoms. The third-order valence-electron chi connectivity index (χ3n) is 6.23. The molecule has 0 saturated carbocycles. The summed E-state index contributed by atoms with van der Waals surface area (Å²) in [6.45, 7) is 6.88. The van der Waals surface area contributed by atoms with Gasteiger partial charge in [-0.1, -0.05) is 26.0 Å². The van der Waals surface area contributed by atoms with Crippen molar-refractivity contribution >= 4 is 28.6 Å². The molecule has 6 heteroatoms. The summed E-state index contributed by atoms with van der Waals surface area (Å²) in [6, 6.07) is 9.22. The molecule has 1 aliphatic heterocycles.